The van der Waals surface area contributed by atoms with E-state index < -0.39 is 0 Å². The lowest BCUT2D eigenvalue weighted by atomic mass is 9.97. The first-order valence-electron chi connectivity index (χ1n) is 17.4. The summed E-state index contributed by atoms with van der Waals surface area (Å²) >= 11 is 1.89. The molecule has 0 spiro atoms. The average Bonchev–Trinajstić information content (AvgIpc) is 3.86. The van der Waals surface area contributed by atoms with Gasteiger partial charge in [0.05, 0.1) is 32.5 Å². The number of fused-ring (bicyclic) bond motifs is 9. The quantitative estimate of drug-likeness (QED) is 0.177. The number of rotatable bonds is 4. The van der Waals surface area contributed by atoms with Gasteiger partial charge >= 0.3 is 0 Å². The van der Waals surface area contributed by atoms with E-state index >= 15 is 0 Å². The number of aromatic nitrogens is 2. The van der Waals surface area contributed by atoms with Gasteiger partial charge < -0.3 is 9.13 Å². The van der Waals surface area contributed by atoms with E-state index in [1.165, 1.54) is 97.4 Å². The maximum absolute atomic E-state index is 2.50. The van der Waals surface area contributed by atoms with Crippen molar-refractivity contribution < 1.29 is 0 Å². The van der Waals surface area contributed by atoms with E-state index in [0.717, 1.165) is 0 Å². The van der Waals surface area contributed by atoms with Gasteiger partial charge in [-0.2, -0.15) is 0 Å². The summed E-state index contributed by atoms with van der Waals surface area (Å²) in [4.78, 5) is 0. The van der Waals surface area contributed by atoms with Crippen LogP contribution in [0.15, 0.2) is 182 Å². The minimum absolute atomic E-state index is 1.17. The lowest BCUT2D eigenvalue weighted by molar-refractivity contribution is 1.18. The van der Waals surface area contributed by atoms with Gasteiger partial charge in [-0.05, 0) is 76.9 Å². The Morgan fingerprint density at radius 2 is 0.980 bits per heavy atom. The highest BCUT2D eigenvalue weighted by Gasteiger charge is 2.21. The summed E-state index contributed by atoms with van der Waals surface area (Å²) in [6.45, 7) is 0. The van der Waals surface area contributed by atoms with Crippen molar-refractivity contribution in [2.75, 3.05) is 0 Å². The number of benzene rings is 8. The van der Waals surface area contributed by atoms with Gasteiger partial charge in [-0.1, -0.05) is 127 Å². The molecule has 0 aliphatic rings. The molecule has 0 bridgehead atoms. The van der Waals surface area contributed by atoms with Crippen molar-refractivity contribution in [2.45, 2.75) is 0 Å². The highest BCUT2D eigenvalue weighted by atomic mass is 32.1. The van der Waals surface area contributed by atoms with Crippen molar-refractivity contribution in [1.82, 2.24) is 9.13 Å². The van der Waals surface area contributed by atoms with Gasteiger partial charge in [-0.3, -0.25) is 0 Å². The van der Waals surface area contributed by atoms with Gasteiger partial charge in [0.15, 0.2) is 0 Å². The van der Waals surface area contributed by atoms with E-state index in [1.54, 1.807) is 0 Å². The van der Waals surface area contributed by atoms with Gasteiger partial charge in [-0.25, -0.2) is 0 Å². The standard InChI is InChI=1S/C48H30N2S/c1-3-14-31(15-4-1)35-27-29-44(48-47(35)38-20-9-12-25-45(38)51-48)50-41-23-11-8-19-37(41)46-34(21-13-24-43(46)50)32-26-28-42-39(30-32)36-18-7-10-22-40(36)49(42)33-16-5-2-6-17-33/h1-30H. The smallest absolute Gasteiger partial charge is 0.0641 e. The maximum atomic E-state index is 2.50. The number of hydrogen-bond donors (Lipinski definition) is 0. The molecule has 11 rings (SSSR count). The summed E-state index contributed by atoms with van der Waals surface area (Å²) in [7, 11) is 0. The Morgan fingerprint density at radius 3 is 1.80 bits per heavy atom. The largest absolute Gasteiger partial charge is 0.309 e. The number of nitrogens with zero attached hydrogens (tertiary/aromatic N) is 2. The molecule has 3 heterocycles. The second-order valence-corrected chi connectivity index (χ2v) is 14.3. The van der Waals surface area contributed by atoms with Crippen LogP contribution in [0.1, 0.15) is 0 Å². The molecule has 238 valence electrons. The van der Waals surface area contributed by atoms with Crippen LogP contribution in [-0.4, -0.2) is 9.13 Å². The van der Waals surface area contributed by atoms with Crippen LogP contribution in [0.2, 0.25) is 0 Å². The molecule has 8 aromatic carbocycles. The van der Waals surface area contributed by atoms with E-state index in [0.29, 0.717) is 0 Å². The molecule has 0 unspecified atom stereocenters. The van der Waals surface area contributed by atoms with Crippen molar-refractivity contribution in [3.05, 3.63) is 182 Å². The molecule has 0 aliphatic carbocycles. The van der Waals surface area contributed by atoms with Gasteiger partial charge in [-0.15, -0.1) is 11.3 Å². The van der Waals surface area contributed by atoms with Gasteiger partial charge in [0.2, 0.25) is 0 Å². The molecule has 3 heteroatoms. The van der Waals surface area contributed by atoms with Gasteiger partial charge in [0.25, 0.3) is 0 Å². The Kier molecular flexibility index (Phi) is 6.16. The molecule has 0 saturated carbocycles. The Hall–Kier alpha value is -6.42. The number of thiophene rings is 1. The highest BCUT2D eigenvalue weighted by molar-refractivity contribution is 7.26. The first-order valence-corrected chi connectivity index (χ1v) is 18.3. The van der Waals surface area contributed by atoms with Crippen LogP contribution in [0.5, 0.6) is 0 Å². The second-order valence-electron chi connectivity index (χ2n) is 13.3. The summed E-state index contributed by atoms with van der Waals surface area (Å²) in [6.07, 6.45) is 0. The summed E-state index contributed by atoms with van der Waals surface area (Å²) in [5.41, 5.74) is 12.2. The second kappa shape index (κ2) is 11.0. The molecule has 3 aromatic heterocycles. The molecule has 0 saturated heterocycles. The normalized spacial score (nSPS) is 11.9. The van der Waals surface area contributed by atoms with Crippen molar-refractivity contribution in [2.24, 2.45) is 0 Å². The van der Waals surface area contributed by atoms with Crippen LogP contribution < -0.4 is 0 Å². The monoisotopic (exact) mass is 666 g/mol. The molecule has 0 N–H and O–H groups in total. The molecular formula is C48H30N2S. The molecule has 0 amide bonds. The number of para-hydroxylation sites is 3. The fourth-order valence-corrected chi connectivity index (χ4v) is 9.60. The zero-order chi connectivity index (χ0) is 33.5. The van der Waals surface area contributed by atoms with E-state index in [2.05, 4.69) is 191 Å². The predicted octanol–water partition coefficient (Wildman–Crippen LogP) is 13.6. The molecular weight excluding hydrogens is 637 g/mol. The third-order valence-electron chi connectivity index (χ3n) is 10.5. The third kappa shape index (κ3) is 4.16. The van der Waals surface area contributed by atoms with Crippen molar-refractivity contribution in [3.63, 3.8) is 0 Å². The van der Waals surface area contributed by atoms with Crippen LogP contribution in [0.4, 0.5) is 0 Å². The zero-order valence-corrected chi connectivity index (χ0v) is 28.4. The maximum Gasteiger partial charge on any atom is 0.0641 e. The van der Waals surface area contributed by atoms with E-state index in [4.69, 9.17) is 0 Å². The Balaban J connectivity index is 1.19. The van der Waals surface area contributed by atoms with Crippen LogP contribution in [-0.2, 0) is 0 Å². The van der Waals surface area contributed by atoms with Crippen molar-refractivity contribution in [3.8, 4) is 33.6 Å². The van der Waals surface area contributed by atoms with E-state index in [-0.39, 0.29) is 0 Å². The Morgan fingerprint density at radius 1 is 0.353 bits per heavy atom. The lowest BCUT2D eigenvalue weighted by Gasteiger charge is -2.13. The summed E-state index contributed by atoms with van der Waals surface area (Å²) < 4.78 is 7.50. The molecule has 0 aliphatic heterocycles. The van der Waals surface area contributed by atoms with Gasteiger partial charge in [0.1, 0.15) is 0 Å². The first-order chi connectivity index (χ1) is 25.3. The van der Waals surface area contributed by atoms with E-state index in [1.807, 2.05) is 11.3 Å². The van der Waals surface area contributed by atoms with Crippen LogP contribution in [0.25, 0.3) is 97.4 Å². The summed E-state index contributed by atoms with van der Waals surface area (Å²) in [5, 5.41) is 7.69. The summed E-state index contributed by atoms with van der Waals surface area (Å²) in [6, 6.07) is 66.5. The third-order valence-corrected chi connectivity index (χ3v) is 11.7. The lowest BCUT2D eigenvalue weighted by Crippen LogP contribution is -1.95. The van der Waals surface area contributed by atoms with Crippen molar-refractivity contribution in [1.29, 1.82) is 0 Å². The average molecular weight is 667 g/mol. The topological polar surface area (TPSA) is 9.86 Å². The van der Waals surface area contributed by atoms with E-state index in [9.17, 15) is 0 Å². The minimum Gasteiger partial charge on any atom is -0.309 e. The molecule has 0 radical (unpaired) electrons. The SMILES string of the molecule is c1ccc(-c2ccc(-n3c4ccccc4c4c(-c5ccc6c(c5)c5ccccc5n6-c5ccccc5)cccc43)c3sc4ccccc4c23)cc1. The highest BCUT2D eigenvalue weighted by Crippen LogP contribution is 2.46. The fraction of sp³-hybridized carbons (Fsp3) is 0. The minimum atomic E-state index is 1.17. The summed E-state index contributed by atoms with van der Waals surface area (Å²) in [5.74, 6) is 0. The molecule has 0 fully saturated rings. The predicted molar refractivity (Wildman–Crippen MR) is 219 cm³/mol. The number of hydrogen-bond acceptors (Lipinski definition) is 1. The first kappa shape index (κ1) is 28.4. The Bertz CT molecular complexity index is 3130. The van der Waals surface area contributed by atoms with Crippen LogP contribution in [0, 0.1) is 0 Å². The molecule has 51 heavy (non-hydrogen) atoms. The molecule has 0 atom stereocenters. The van der Waals surface area contributed by atoms with Crippen molar-refractivity contribution >= 4 is 75.1 Å². The molecule has 2 nitrogen and oxygen atoms in total. The Labute approximate surface area is 298 Å². The fourth-order valence-electron chi connectivity index (χ4n) is 8.36. The van der Waals surface area contributed by atoms with Gasteiger partial charge in [0, 0.05) is 42.7 Å². The van der Waals surface area contributed by atoms with Crippen LogP contribution >= 0.6 is 11.3 Å². The molecule has 11 aromatic rings. The zero-order valence-electron chi connectivity index (χ0n) is 27.6. The van der Waals surface area contributed by atoms with Crippen LogP contribution in [0.3, 0.4) is 0 Å².